The second kappa shape index (κ2) is 7.00. The van der Waals surface area contributed by atoms with Crippen molar-refractivity contribution < 1.29 is 0 Å². The number of halogens is 3. The van der Waals surface area contributed by atoms with Crippen LogP contribution in [0.1, 0.15) is 22.9 Å². The van der Waals surface area contributed by atoms with Gasteiger partial charge in [0.1, 0.15) is 0 Å². The minimum Gasteiger partial charge on any atom is -0.257 e. The largest absolute Gasteiger partial charge is 0.257 e. The van der Waals surface area contributed by atoms with Gasteiger partial charge < -0.3 is 0 Å². The maximum absolute atomic E-state index is 6.48. The quantitative estimate of drug-likeness (QED) is 0.453. The number of benzene rings is 2. The fourth-order valence-electron chi connectivity index (χ4n) is 2.97. The van der Waals surface area contributed by atoms with Gasteiger partial charge in [-0.1, -0.05) is 53.0 Å². The van der Waals surface area contributed by atoms with E-state index in [0.29, 0.717) is 15.1 Å². The van der Waals surface area contributed by atoms with E-state index in [0.717, 1.165) is 23.4 Å². The van der Waals surface area contributed by atoms with E-state index in [1.807, 2.05) is 47.5 Å². The molecule has 1 aromatic heterocycles. The van der Waals surface area contributed by atoms with Crippen molar-refractivity contribution in [1.29, 1.82) is 0 Å². The van der Waals surface area contributed by atoms with Gasteiger partial charge in [-0.3, -0.25) is 5.01 Å². The molecule has 0 aliphatic carbocycles. The van der Waals surface area contributed by atoms with Crippen molar-refractivity contribution >= 4 is 57.5 Å². The van der Waals surface area contributed by atoms with Gasteiger partial charge in [0.25, 0.3) is 0 Å². The van der Waals surface area contributed by atoms with Crippen molar-refractivity contribution in [2.24, 2.45) is 5.10 Å². The van der Waals surface area contributed by atoms with Crippen molar-refractivity contribution in [3.63, 3.8) is 0 Å². The van der Waals surface area contributed by atoms with Crippen LogP contribution in [0.4, 0.5) is 5.69 Å². The molecule has 2 aromatic carbocycles. The molecule has 0 N–H and O–H groups in total. The van der Waals surface area contributed by atoms with Gasteiger partial charge >= 0.3 is 0 Å². The summed E-state index contributed by atoms with van der Waals surface area (Å²) in [7, 11) is 0. The van der Waals surface area contributed by atoms with E-state index in [4.69, 9.17) is 39.9 Å². The van der Waals surface area contributed by atoms with Crippen LogP contribution in [0.2, 0.25) is 15.1 Å². The minimum atomic E-state index is 0.000309. The molecule has 0 radical (unpaired) electrons. The van der Waals surface area contributed by atoms with Gasteiger partial charge in [-0.05, 0) is 47.3 Å². The Morgan fingerprint density at radius 1 is 0.960 bits per heavy atom. The highest BCUT2D eigenvalue weighted by atomic mass is 35.5. The molecule has 2 nitrogen and oxygen atoms in total. The Morgan fingerprint density at radius 2 is 1.80 bits per heavy atom. The highest BCUT2D eigenvalue weighted by Crippen LogP contribution is 2.40. The lowest BCUT2D eigenvalue weighted by molar-refractivity contribution is 0.709. The molecule has 0 spiro atoms. The van der Waals surface area contributed by atoms with Gasteiger partial charge in [0.15, 0.2) is 0 Å². The molecule has 0 saturated heterocycles. The van der Waals surface area contributed by atoms with Gasteiger partial charge in [0.2, 0.25) is 0 Å². The van der Waals surface area contributed by atoms with Crippen molar-refractivity contribution in [2.75, 3.05) is 5.01 Å². The summed E-state index contributed by atoms with van der Waals surface area (Å²) in [6, 6.07) is 17.4. The van der Waals surface area contributed by atoms with Crippen LogP contribution in [0.5, 0.6) is 0 Å². The lowest BCUT2D eigenvalue weighted by Crippen LogP contribution is -2.18. The van der Waals surface area contributed by atoms with Gasteiger partial charge in [0, 0.05) is 21.5 Å². The predicted octanol–water partition coefficient (Wildman–Crippen LogP) is 7.06. The Balaban J connectivity index is 1.79. The summed E-state index contributed by atoms with van der Waals surface area (Å²) in [5.41, 5.74) is 2.99. The van der Waals surface area contributed by atoms with E-state index < -0.39 is 0 Å². The number of hydrogen-bond acceptors (Lipinski definition) is 3. The average molecular weight is 408 g/mol. The molecule has 1 aliphatic heterocycles. The van der Waals surface area contributed by atoms with Crippen molar-refractivity contribution in [1.82, 2.24) is 0 Å². The van der Waals surface area contributed by atoms with E-state index in [9.17, 15) is 0 Å². The van der Waals surface area contributed by atoms with E-state index in [1.165, 1.54) is 4.88 Å². The van der Waals surface area contributed by atoms with E-state index in [1.54, 1.807) is 17.4 Å². The van der Waals surface area contributed by atoms with Crippen LogP contribution in [-0.2, 0) is 0 Å². The highest BCUT2D eigenvalue weighted by molar-refractivity contribution is 7.12. The molecule has 0 bridgehead atoms. The monoisotopic (exact) mass is 406 g/mol. The van der Waals surface area contributed by atoms with Crippen LogP contribution in [0.15, 0.2) is 65.1 Å². The summed E-state index contributed by atoms with van der Waals surface area (Å²) in [6.45, 7) is 0. The number of thiophene rings is 1. The molecule has 0 fully saturated rings. The Labute approximate surface area is 165 Å². The summed E-state index contributed by atoms with van der Waals surface area (Å²) in [5, 5.41) is 10.9. The Morgan fingerprint density at radius 3 is 2.52 bits per heavy atom. The third kappa shape index (κ3) is 3.42. The zero-order valence-corrected chi connectivity index (χ0v) is 16.1. The zero-order valence-electron chi connectivity index (χ0n) is 13.0. The third-order valence-corrected chi connectivity index (χ3v) is 5.83. The number of hydrogen-bond donors (Lipinski definition) is 0. The SMILES string of the molecule is Clc1cccc(N2N=C(c3cccs3)CC2c2ccc(Cl)cc2Cl)c1. The predicted molar refractivity (Wildman–Crippen MR) is 109 cm³/mol. The average Bonchev–Trinajstić information content (AvgIpc) is 3.24. The molecule has 0 amide bonds. The summed E-state index contributed by atoms with van der Waals surface area (Å²) in [6.07, 6.45) is 0.772. The second-order valence-electron chi connectivity index (χ2n) is 5.73. The first kappa shape index (κ1) is 16.9. The highest BCUT2D eigenvalue weighted by Gasteiger charge is 2.31. The van der Waals surface area contributed by atoms with Gasteiger partial charge in [0.05, 0.1) is 22.3 Å². The molecular weight excluding hydrogens is 395 g/mol. The summed E-state index contributed by atoms with van der Waals surface area (Å²) >= 11 is 20.4. The molecule has 0 saturated carbocycles. The summed E-state index contributed by atoms with van der Waals surface area (Å²) < 4.78 is 0. The van der Waals surface area contributed by atoms with Gasteiger partial charge in [-0.2, -0.15) is 5.10 Å². The van der Waals surface area contributed by atoms with Crippen LogP contribution in [-0.4, -0.2) is 5.71 Å². The van der Waals surface area contributed by atoms with Crippen LogP contribution in [0.25, 0.3) is 0 Å². The molecular formula is C19H13Cl3N2S. The first-order valence-electron chi connectivity index (χ1n) is 7.73. The van der Waals surface area contributed by atoms with Crippen LogP contribution >= 0.6 is 46.1 Å². The van der Waals surface area contributed by atoms with Gasteiger partial charge in [-0.25, -0.2) is 0 Å². The molecule has 3 aromatic rings. The van der Waals surface area contributed by atoms with E-state index in [-0.39, 0.29) is 6.04 Å². The molecule has 1 atom stereocenters. The van der Waals surface area contributed by atoms with Crippen LogP contribution < -0.4 is 5.01 Å². The smallest absolute Gasteiger partial charge is 0.0846 e. The number of nitrogens with zero attached hydrogens (tertiary/aromatic N) is 2. The number of hydrazone groups is 1. The number of rotatable bonds is 3. The second-order valence-corrected chi connectivity index (χ2v) is 7.96. The molecule has 25 heavy (non-hydrogen) atoms. The standard InChI is InChI=1S/C19H13Cl3N2S/c20-12-3-1-4-14(9-12)24-18(15-7-6-13(21)10-16(15)22)11-17(23-24)19-5-2-8-25-19/h1-10,18H,11H2. The number of anilines is 1. The zero-order chi connectivity index (χ0) is 17.4. The van der Waals surface area contributed by atoms with Crippen molar-refractivity contribution in [3.8, 4) is 0 Å². The summed E-state index contributed by atoms with van der Waals surface area (Å²) in [5.74, 6) is 0. The fraction of sp³-hybridized carbons (Fsp3) is 0.105. The third-order valence-electron chi connectivity index (χ3n) is 4.11. The Hall–Kier alpha value is -1.52. The molecule has 4 rings (SSSR count). The molecule has 1 unspecified atom stereocenters. The normalized spacial score (nSPS) is 17.0. The lowest BCUT2D eigenvalue weighted by Gasteiger charge is -2.25. The lowest BCUT2D eigenvalue weighted by atomic mass is 10.0. The van der Waals surface area contributed by atoms with Crippen LogP contribution in [0.3, 0.4) is 0 Å². The maximum atomic E-state index is 6.48. The van der Waals surface area contributed by atoms with Crippen LogP contribution in [0, 0.1) is 0 Å². The molecule has 126 valence electrons. The molecule has 6 heteroatoms. The van der Waals surface area contributed by atoms with Crippen molar-refractivity contribution in [2.45, 2.75) is 12.5 Å². The maximum Gasteiger partial charge on any atom is 0.0846 e. The Kier molecular flexibility index (Phi) is 4.74. The van der Waals surface area contributed by atoms with Crippen molar-refractivity contribution in [3.05, 3.63) is 85.5 Å². The first-order valence-corrected chi connectivity index (χ1v) is 9.74. The topological polar surface area (TPSA) is 15.6 Å². The molecule has 2 heterocycles. The van der Waals surface area contributed by atoms with Gasteiger partial charge in [-0.15, -0.1) is 11.3 Å². The fourth-order valence-corrected chi connectivity index (χ4v) is 4.41. The molecule has 1 aliphatic rings. The Bertz CT molecular complexity index is 938. The first-order chi connectivity index (χ1) is 12.1. The minimum absolute atomic E-state index is 0.000309. The van der Waals surface area contributed by atoms with E-state index in [2.05, 4.69) is 11.4 Å². The van der Waals surface area contributed by atoms with E-state index >= 15 is 0 Å². The summed E-state index contributed by atoms with van der Waals surface area (Å²) in [4.78, 5) is 1.17.